The van der Waals surface area contributed by atoms with Crippen molar-refractivity contribution in [2.24, 2.45) is 0 Å². The summed E-state index contributed by atoms with van der Waals surface area (Å²) in [6.45, 7) is 6.33. The number of carbonyl (C=O) groups is 3. The maximum atomic E-state index is 11.3. The van der Waals surface area contributed by atoms with Crippen LogP contribution in [0.4, 0.5) is 0 Å². The predicted molar refractivity (Wildman–Crippen MR) is 98.8 cm³/mol. The first-order chi connectivity index (χ1) is 11.4. The minimum Gasteiger partial charge on any atom is -0.379 e. The molecule has 0 unspecified atom stereocenters. The second-order valence-corrected chi connectivity index (χ2v) is 6.17. The number of Topliss-reactive ketones (excluding diaryl/α,β-unsaturated/α-hetero) is 3. The fourth-order valence-electron chi connectivity index (χ4n) is 1.51. The number of thioether (sulfide) groups is 1. The van der Waals surface area contributed by atoms with Gasteiger partial charge in [-0.05, 0) is 33.6 Å². The van der Waals surface area contributed by atoms with Gasteiger partial charge in [0.25, 0.3) is 0 Å². The highest BCUT2D eigenvalue weighted by Crippen LogP contribution is 1.99. The Balaban J connectivity index is 0. The van der Waals surface area contributed by atoms with Crippen molar-refractivity contribution >= 4 is 29.1 Å². The van der Waals surface area contributed by atoms with Crippen LogP contribution in [0.1, 0.15) is 39.5 Å². The van der Waals surface area contributed by atoms with Crippen LogP contribution in [0.15, 0.2) is 0 Å². The molecule has 0 aliphatic heterocycles. The van der Waals surface area contributed by atoms with Crippen LogP contribution in [-0.2, 0) is 23.9 Å². The average Bonchev–Trinajstić information content (AvgIpc) is 2.52. The summed E-state index contributed by atoms with van der Waals surface area (Å²) in [4.78, 5) is 32.0. The van der Waals surface area contributed by atoms with Crippen molar-refractivity contribution in [1.82, 2.24) is 5.32 Å². The molecule has 7 heteroatoms. The minimum absolute atomic E-state index is 0.0679. The van der Waals surface area contributed by atoms with Gasteiger partial charge in [-0.3, -0.25) is 9.59 Å². The molecular weight excluding hydrogens is 330 g/mol. The summed E-state index contributed by atoms with van der Waals surface area (Å²) < 4.78 is 10.6. The Bertz CT molecular complexity index is 337. The van der Waals surface area contributed by atoms with E-state index in [0.717, 1.165) is 6.54 Å². The summed E-state index contributed by atoms with van der Waals surface area (Å²) in [6.07, 6.45) is 3.85. The van der Waals surface area contributed by atoms with Crippen molar-refractivity contribution < 1.29 is 23.9 Å². The van der Waals surface area contributed by atoms with Gasteiger partial charge in [0.2, 0.25) is 0 Å². The highest BCUT2D eigenvalue weighted by Gasteiger charge is 2.03. The van der Waals surface area contributed by atoms with E-state index in [1.165, 1.54) is 6.92 Å². The van der Waals surface area contributed by atoms with Crippen LogP contribution in [0, 0.1) is 0 Å². The maximum absolute atomic E-state index is 11.3. The summed E-state index contributed by atoms with van der Waals surface area (Å²) in [5.41, 5.74) is 0. The molecular formula is C17H33NO5S. The Morgan fingerprint density at radius 2 is 1.50 bits per heavy atom. The summed E-state index contributed by atoms with van der Waals surface area (Å²) in [7, 11) is 1.88. The van der Waals surface area contributed by atoms with Crippen LogP contribution < -0.4 is 5.32 Å². The van der Waals surface area contributed by atoms with E-state index >= 15 is 0 Å². The second kappa shape index (κ2) is 20.3. The Kier molecular flexibility index (Phi) is 21.5. The van der Waals surface area contributed by atoms with Gasteiger partial charge in [0, 0.05) is 32.4 Å². The van der Waals surface area contributed by atoms with Crippen molar-refractivity contribution in [3.63, 3.8) is 0 Å². The molecule has 0 atom stereocenters. The predicted octanol–water partition coefficient (Wildman–Crippen LogP) is 1.90. The summed E-state index contributed by atoms with van der Waals surface area (Å²) in [5.74, 6) is 1.11. The fourth-order valence-corrected chi connectivity index (χ4v) is 1.92. The van der Waals surface area contributed by atoms with Crippen LogP contribution in [0.25, 0.3) is 0 Å². The lowest BCUT2D eigenvalue weighted by atomic mass is 10.1. The van der Waals surface area contributed by atoms with E-state index < -0.39 is 0 Å². The molecule has 6 nitrogen and oxygen atoms in total. The van der Waals surface area contributed by atoms with Gasteiger partial charge in [-0.2, -0.15) is 11.8 Å². The SMILES string of the molecule is CNCCOCCOCCCC(=O)CCC(C)=O.CSCC(C)=O. The topological polar surface area (TPSA) is 81.7 Å². The first-order valence-corrected chi connectivity index (χ1v) is 9.63. The number of likely N-dealkylation sites (N-methyl/N-ethyl adjacent to an activating group) is 1. The molecule has 0 aromatic rings. The first kappa shape index (κ1) is 25.5. The zero-order chi connectivity index (χ0) is 18.6. The molecule has 0 amide bonds. The monoisotopic (exact) mass is 363 g/mol. The normalized spacial score (nSPS) is 10.0. The van der Waals surface area contributed by atoms with E-state index in [4.69, 9.17) is 9.47 Å². The first-order valence-electron chi connectivity index (χ1n) is 8.23. The van der Waals surface area contributed by atoms with Gasteiger partial charge >= 0.3 is 0 Å². The number of carbonyl (C=O) groups excluding carboxylic acids is 3. The molecule has 0 aromatic heterocycles. The molecule has 1 N–H and O–H groups in total. The number of hydrogen-bond donors (Lipinski definition) is 1. The van der Waals surface area contributed by atoms with Crippen LogP contribution in [0.3, 0.4) is 0 Å². The third-order valence-corrected chi connectivity index (χ3v) is 3.41. The number of rotatable bonds is 15. The standard InChI is InChI=1S/C13H25NO4.C4H8OS/c1-12(15)5-6-13(16)4-3-8-17-10-11-18-9-7-14-2;1-4(5)3-6-2/h14H,3-11H2,1-2H3;3H2,1-2H3. The molecule has 0 aliphatic rings. The van der Waals surface area contributed by atoms with Gasteiger partial charge in [0.1, 0.15) is 17.3 Å². The van der Waals surface area contributed by atoms with Crippen LogP contribution in [0.5, 0.6) is 0 Å². The van der Waals surface area contributed by atoms with Gasteiger partial charge in [-0.15, -0.1) is 0 Å². The molecule has 0 radical (unpaired) electrons. The van der Waals surface area contributed by atoms with Gasteiger partial charge < -0.3 is 19.6 Å². The van der Waals surface area contributed by atoms with Crippen LogP contribution in [0.2, 0.25) is 0 Å². The summed E-state index contributed by atoms with van der Waals surface area (Å²) >= 11 is 1.56. The van der Waals surface area contributed by atoms with Crippen molar-refractivity contribution in [3.05, 3.63) is 0 Å². The molecule has 0 saturated heterocycles. The highest BCUT2D eigenvalue weighted by molar-refractivity contribution is 7.99. The third-order valence-electron chi connectivity index (χ3n) is 2.72. The van der Waals surface area contributed by atoms with Crippen molar-refractivity contribution in [2.45, 2.75) is 39.5 Å². The smallest absolute Gasteiger partial charge is 0.139 e. The molecule has 0 spiro atoms. The quantitative estimate of drug-likeness (QED) is 0.445. The maximum Gasteiger partial charge on any atom is 0.139 e. The van der Waals surface area contributed by atoms with E-state index in [2.05, 4.69) is 5.32 Å². The molecule has 0 saturated carbocycles. The van der Waals surface area contributed by atoms with E-state index in [1.807, 2.05) is 13.3 Å². The van der Waals surface area contributed by atoms with Gasteiger partial charge in [0.05, 0.1) is 25.6 Å². The molecule has 0 aliphatic carbocycles. The van der Waals surface area contributed by atoms with E-state index in [1.54, 1.807) is 18.7 Å². The lowest BCUT2D eigenvalue weighted by molar-refractivity contribution is -0.123. The molecule has 142 valence electrons. The van der Waals surface area contributed by atoms with Gasteiger partial charge in [-0.25, -0.2) is 0 Å². The highest BCUT2D eigenvalue weighted by atomic mass is 32.2. The zero-order valence-electron chi connectivity index (χ0n) is 15.5. The van der Waals surface area contributed by atoms with Gasteiger partial charge in [0.15, 0.2) is 0 Å². The summed E-state index contributed by atoms with van der Waals surface area (Å²) in [5, 5.41) is 2.98. The molecule has 0 rings (SSSR count). The minimum atomic E-state index is 0.0679. The Labute approximate surface area is 150 Å². The largest absolute Gasteiger partial charge is 0.379 e. The molecule has 0 aromatic carbocycles. The molecule has 0 bridgehead atoms. The second-order valence-electron chi connectivity index (χ2n) is 5.31. The van der Waals surface area contributed by atoms with E-state index in [-0.39, 0.29) is 17.3 Å². The number of ketones is 3. The number of hydrogen-bond acceptors (Lipinski definition) is 7. The molecule has 0 fully saturated rings. The lowest BCUT2D eigenvalue weighted by Gasteiger charge is -2.05. The van der Waals surface area contributed by atoms with Crippen molar-refractivity contribution in [2.75, 3.05) is 52.0 Å². The molecule has 24 heavy (non-hydrogen) atoms. The van der Waals surface area contributed by atoms with E-state index in [0.29, 0.717) is 57.9 Å². The third kappa shape index (κ3) is 26.2. The van der Waals surface area contributed by atoms with Crippen LogP contribution >= 0.6 is 11.8 Å². The average molecular weight is 364 g/mol. The zero-order valence-corrected chi connectivity index (χ0v) is 16.3. The van der Waals surface area contributed by atoms with E-state index in [9.17, 15) is 14.4 Å². The van der Waals surface area contributed by atoms with Crippen LogP contribution in [-0.4, -0.2) is 69.4 Å². The Hall–Kier alpha value is -0.760. The van der Waals surface area contributed by atoms with Gasteiger partial charge in [-0.1, -0.05) is 0 Å². The Morgan fingerprint density at radius 3 is 1.96 bits per heavy atom. The number of nitrogens with one attached hydrogen (secondary N) is 1. The number of ether oxygens (including phenoxy) is 2. The summed E-state index contributed by atoms with van der Waals surface area (Å²) in [6, 6.07) is 0. The molecule has 0 heterocycles. The van der Waals surface area contributed by atoms with Crippen molar-refractivity contribution in [3.8, 4) is 0 Å². The Morgan fingerprint density at radius 1 is 0.875 bits per heavy atom. The lowest BCUT2D eigenvalue weighted by Crippen LogP contribution is -2.16. The fraction of sp³-hybridized carbons (Fsp3) is 0.824. The van der Waals surface area contributed by atoms with Crippen molar-refractivity contribution in [1.29, 1.82) is 0 Å².